The lowest BCUT2D eigenvalue weighted by Crippen LogP contribution is -2.38. The Labute approximate surface area is 99.8 Å². The maximum absolute atomic E-state index is 12.1. The van der Waals surface area contributed by atoms with Gasteiger partial charge < -0.3 is 4.74 Å². The van der Waals surface area contributed by atoms with Crippen LogP contribution < -0.4 is 10.2 Å². The fourth-order valence-corrected chi connectivity index (χ4v) is 2.41. The van der Waals surface area contributed by atoms with E-state index in [1.807, 2.05) is 12.1 Å². The van der Waals surface area contributed by atoms with Gasteiger partial charge in [-0.05, 0) is 12.5 Å². The summed E-state index contributed by atoms with van der Waals surface area (Å²) in [4.78, 5) is 18.0. The molecule has 2 aliphatic rings. The van der Waals surface area contributed by atoms with Crippen LogP contribution in [0.4, 0.5) is 5.82 Å². The van der Waals surface area contributed by atoms with Crippen molar-refractivity contribution in [2.45, 2.75) is 18.5 Å². The second kappa shape index (κ2) is 4.09. The van der Waals surface area contributed by atoms with Crippen LogP contribution in [0.15, 0.2) is 18.3 Å². The van der Waals surface area contributed by atoms with Crippen molar-refractivity contribution in [1.29, 1.82) is 0 Å². The topological polar surface area (TPSA) is 54.5 Å². The van der Waals surface area contributed by atoms with Crippen molar-refractivity contribution in [2.24, 2.45) is 0 Å². The minimum atomic E-state index is -0.268. The maximum Gasteiger partial charge on any atom is 0.249 e. The van der Waals surface area contributed by atoms with Gasteiger partial charge >= 0.3 is 0 Å². The first-order chi connectivity index (χ1) is 8.27. The molecule has 5 nitrogen and oxygen atoms in total. The average Bonchev–Trinajstić information content (AvgIpc) is 2.94. The number of pyridine rings is 1. The molecule has 17 heavy (non-hydrogen) atoms. The van der Waals surface area contributed by atoms with Gasteiger partial charge in [-0.3, -0.25) is 15.0 Å². The standard InChI is InChI=1S/C12H15N3O2/c1-15-11-9(3-2-5-13-11)10(12(15)16)14-8-4-6-17-7-8/h2-3,5,8,10,14H,4,6-7H2,1H3/t8-,10?/m0/s1. The van der Waals surface area contributed by atoms with Crippen LogP contribution in [0.2, 0.25) is 0 Å². The molecular weight excluding hydrogens is 218 g/mol. The number of likely N-dealkylation sites (N-methyl/N-ethyl adjacent to an activating group) is 1. The van der Waals surface area contributed by atoms with E-state index in [0.717, 1.165) is 24.4 Å². The summed E-state index contributed by atoms with van der Waals surface area (Å²) in [6, 6.07) is 3.82. The maximum atomic E-state index is 12.1. The highest BCUT2D eigenvalue weighted by Crippen LogP contribution is 2.33. The number of carbonyl (C=O) groups excluding carboxylic acids is 1. The number of aromatic nitrogens is 1. The van der Waals surface area contributed by atoms with E-state index in [2.05, 4.69) is 10.3 Å². The normalized spacial score (nSPS) is 27.6. The van der Waals surface area contributed by atoms with Gasteiger partial charge in [-0.1, -0.05) is 6.07 Å². The van der Waals surface area contributed by atoms with Crippen molar-refractivity contribution in [3.63, 3.8) is 0 Å². The third kappa shape index (κ3) is 1.71. The van der Waals surface area contributed by atoms with Crippen LogP contribution in [0, 0.1) is 0 Å². The second-order valence-corrected chi connectivity index (χ2v) is 4.47. The molecule has 1 N–H and O–H groups in total. The van der Waals surface area contributed by atoms with Gasteiger partial charge in [0.1, 0.15) is 11.9 Å². The molecule has 90 valence electrons. The third-order valence-corrected chi connectivity index (χ3v) is 3.36. The lowest BCUT2D eigenvalue weighted by Gasteiger charge is -2.16. The molecule has 1 amide bonds. The Morgan fingerprint density at radius 3 is 3.24 bits per heavy atom. The van der Waals surface area contributed by atoms with Gasteiger partial charge in [-0.2, -0.15) is 0 Å². The summed E-state index contributed by atoms with van der Waals surface area (Å²) in [6.45, 7) is 1.46. The molecule has 0 saturated carbocycles. The third-order valence-electron chi connectivity index (χ3n) is 3.36. The number of carbonyl (C=O) groups is 1. The Balaban J connectivity index is 1.86. The van der Waals surface area contributed by atoms with Gasteiger partial charge in [0, 0.05) is 31.5 Å². The number of ether oxygens (including phenoxy) is 1. The van der Waals surface area contributed by atoms with Gasteiger partial charge in [0.2, 0.25) is 5.91 Å². The highest BCUT2D eigenvalue weighted by atomic mass is 16.5. The largest absolute Gasteiger partial charge is 0.380 e. The molecule has 2 aliphatic heterocycles. The summed E-state index contributed by atoms with van der Waals surface area (Å²) in [5, 5.41) is 3.36. The van der Waals surface area contributed by atoms with Crippen LogP contribution >= 0.6 is 0 Å². The lowest BCUT2D eigenvalue weighted by atomic mass is 10.1. The van der Waals surface area contributed by atoms with Crippen molar-refractivity contribution < 1.29 is 9.53 Å². The van der Waals surface area contributed by atoms with E-state index in [1.54, 1.807) is 18.1 Å². The monoisotopic (exact) mass is 233 g/mol. The Morgan fingerprint density at radius 1 is 1.59 bits per heavy atom. The Hall–Kier alpha value is -1.46. The number of amides is 1. The summed E-state index contributed by atoms with van der Waals surface area (Å²) < 4.78 is 5.31. The molecule has 0 aliphatic carbocycles. The second-order valence-electron chi connectivity index (χ2n) is 4.47. The Kier molecular flexibility index (Phi) is 2.57. The van der Waals surface area contributed by atoms with Gasteiger partial charge in [-0.15, -0.1) is 0 Å². The van der Waals surface area contributed by atoms with Crippen molar-refractivity contribution >= 4 is 11.7 Å². The SMILES string of the molecule is CN1C(=O)C(N[C@H]2CCOC2)c2cccnc21. The highest BCUT2D eigenvalue weighted by molar-refractivity contribution is 6.03. The zero-order valence-electron chi connectivity index (χ0n) is 9.72. The van der Waals surface area contributed by atoms with Crippen LogP contribution in [-0.4, -0.2) is 37.2 Å². The molecule has 0 bridgehead atoms. The summed E-state index contributed by atoms with van der Waals surface area (Å²) >= 11 is 0. The average molecular weight is 233 g/mol. The first kappa shape index (κ1) is 10.7. The molecule has 3 rings (SSSR count). The summed E-state index contributed by atoms with van der Waals surface area (Å²) in [7, 11) is 1.76. The minimum absolute atomic E-state index is 0.0607. The zero-order valence-corrected chi connectivity index (χ0v) is 9.72. The molecule has 1 aromatic heterocycles. The van der Waals surface area contributed by atoms with Gasteiger partial charge in [-0.25, -0.2) is 4.98 Å². The van der Waals surface area contributed by atoms with Crippen LogP contribution in [0.1, 0.15) is 18.0 Å². The molecule has 3 heterocycles. The van der Waals surface area contributed by atoms with Crippen molar-refractivity contribution in [3.8, 4) is 0 Å². The molecular formula is C12H15N3O2. The van der Waals surface area contributed by atoms with Gasteiger partial charge in [0.25, 0.3) is 0 Å². The smallest absolute Gasteiger partial charge is 0.249 e. The molecule has 2 atom stereocenters. The molecule has 1 aromatic rings. The molecule has 0 radical (unpaired) electrons. The predicted molar refractivity (Wildman–Crippen MR) is 62.7 cm³/mol. The first-order valence-electron chi connectivity index (χ1n) is 5.83. The van der Waals surface area contributed by atoms with E-state index < -0.39 is 0 Å². The van der Waals surface area contributed by atoms with E-state index in [0.29, 0.717) is 6.61 Å². The van der Waals surface area contributed by atoms with Crippen molar-refractivity contribution in [2.75, 3.05) is 25.2 Å². The van der Waals surface area contributed by atoms with Crippen LogP contribution in [0.3, 0.4) is 0 Å². The Morgan fingerprint density at radius 2 is 2.47 bits per heavy atom. The van der Waals surface area contributed by atoms with Crippen LogP contribution in [0.25, 0.3) is 0 Å². The number of hydrogen-bond donors (Lipinski definition) is 1. The predicted octanol–water partition coefficient (Wildman–Crippen LogP) is 0.478. The number of fused-ring (bicyclic) bond motifs is 1. The summed E-state index contributed by atoms with van der Waals surface area (Å²) in [5.74, 6) is 0.819. The minimum Gasteiger partial charge on any atom is -0.380 e. The molecule has 5 heteroatoms. The number of nitrogens with zero attached hydrogens (tertiary/aromatic N) is 2. The van der Waals surface area contributed by atoms with E-state index in [1.165, 1.54) is 0 Å². The van der Waals surface area contributed by atoms with E-state index in [9.17, 15) is 4.79 Å². The van der Waals surface area contributed by atoms with Crippen molar-refractivity contribution in [3.05, 3.63) is 23.9 Å². The quantitative estimate of drug-likeness (QED) is 0.807. The highest BCUT2D eigenvalue weighted by Gasteiger charge is 2.37. The first-order valence-corrected chi connectivity index (χ1v) is 5.83. The molecule has 0 aromatic carbocycles. The van der Waals surface area contributed by atoms with E-state index >= 15 is 0 Å². The van der Waals surface area contributed by atoms with Crippen molar-refractivity contribution in [1.82, 2.24) is 10.3 Å². The molecule has 1 unspecified atom stereocenters. The van der Waals surface area contributed by atoms with Crippen LogP contribution in [-0.2, 0) is 9.53 Å². The van der Waals surface area contributed by atoms with E-state index in [4.69, 9.17) is 4.74 Å². The number of hydrogen-bond acceptors (Lipinski definition) is 4. The zero-order chi connectivity index (χ0) is 11.8. The van der Waals surface area contributed by atoms with E-state index in [-0.39, 0.29) is 18.0 Å². The Bertz CT molecular complexity index is 443. The molecule has 0 spiro atoms. The molecule has 1 saturated heterocycles. The lowest BCUT2D eigenvalue weighted by molar-refractivity contribution is -0.119. The number of nitrogens with one attached hydrogen (secondary N) is 1. The summed E-state index contributed by atoms with van der Waals surface area (Å²) in [6.07, 6.45) is 2.67. The van der Waals surface area contributed by atoms with Gasteiger partial charge in [0.15, 0.2) is 0 Å². The summed E-state index contributed by atoms with van der Waals surface area (Å²) in [5.41, 5.74) is 0.965. The fourth-order valence-electron chi connectivity index (χ4n) is 2.41. The fraction of sp³-hybridized carbons (Fsp3) is 0.500. The molecule has 1 fully saturated rings. The number of anilines is 1. The number of rotatable bonds is 2. The van der Waals surface area contributed by atoms with Gasteiger partial charge in [0.05, 0.1) is 6.61 Å². The van der Waals surface area contributed by atoms with Crippen LogP contribution in [0.5, 0.6) is 0 Å².